The van der Waals surface area contributed by atoms with E-state index in [4.69, 9.17) is 0 Å². The first-order valence-corrected chi connectivity index (χ1v) is 6.13. The molecule has 0 saturated carbocycles. The summed E-state index contributed by atoms with van der Waals surface area (Å²) in [5, 5.41) is 9.12. The zero-order valence-corrected chi connectivity index (χ0v) is 9.91. The molecule has 92 valence electrons. The van der Waals surface area contributed by atoms with Crippen molar-refractivity contribution in [2.24, 2.45) is 0 Å². The van der Waals surface area contributed by atoms with Gasteiger partial charge in [-0.25, -0.2) is 4.79 Å². The van der Waals surface area contributed by atoms with E-state index in [0.717, 1.165) is 31.5 Å². The van der Waals surface area contributed by atoms with Crippen molar-refractivity contribution in [3.05, 3.63) is 35.9 Å². The second-order valence-electron chi connectivity index (χ2n) is 4.36. The van der Waals surface area contributed by atoms with Gasteiger partial charge in [0, 0.05) is 19.1 Å². The third-order valence-corrected chi connectivity index (χ3v) is 2.93. The van der Waals surface area contributed by atoms with E-state index in [2.05, 4.69) is 16.0 Å². The van der Waals surface area contributed by atoms with Crippen molar-refractivity contribution in [2.75, 3.05) is 13.1 Å². The molecule has 0 bridgehead atoms. The van der Waals surface area contributed by atoms with Crippen molar-refractivity contribution in [3.8, 4) is 0 Å². The van der Waals surface area contributed by atoms with Crippen LogP contribution in [0.2, 0.25) is 0 Å². The Bertz CT molecular complexity index is 347. The first-order valence-electron chi connectivity index (χ1n) is 6.13. The zero-order chi connectivity index (χ0) is 11.9. The van der Waals surface area contributed by atoms with E-state index in [-0.39, 0.29) is 12.1 Å². The number of piperidine rings is 1. The summed E-state index contributed by atoms with van der Waals surface area (Å²) in [6.07, 6.45) is 2.19. The van der Waals surface area contributed by atoms with E-state index in [9.17, 15) is 4.79 Å². The van der Waals surface area contributed by atoms with Crippen molar-refractivity contribution in [1.29, 1.82) is 0 Å². The molecule has 4 heteroatoms. The third kappa shape index (κ3) is 4.07. The van der Waals surface area contributed by atoms with Crippen LogP contribution < -0.4 is 16.0 Å². The monoisotopic (exact) mass is 233 g/mol. The zero-order valence-electron chi connectivity index (χ0n) is 9.91. The van der Waals surface area contributed by atoms with Gasteiger partial charge in [0.25, 0.3) is 0 Å². The summed E-state index contributed by atoms with van der Waals surface area (Å²) in [6, 6.07) is 10.1. The van der Waals surface area contributed by atoms with E-state index in [1.165, 1.54) is 0 Å². The first-order chi connectivity index (χ1) is 8.34. The number of urea groups is 1. The Labute approximate surface area is 102 Å². The molecule has 1 saturated heterocycles. The van der Waals surface area contributed by atoms with E-state index in [0.29, 0.717) is 6.54 Å². The normalized spacial score (nSPS) is 19.6. The van der Waals surface area contributed by atoms with Crippen molar-refractivity contribution in [2.45, 2.75) is 25.4 Å². The van der Waals surface area contributed by atoms with Crippen LogP contribution in [-0.4, -0.2) is 25.2 Å². The number of hydrogen-bond donors (Lipinski definition) is 3. The quantitative estimate of drug-likeness (QED) is 0.735. The van der Waals surface area contributed by atoms with E-state index in [1.54, 1.807) is 0 Å². The lowest BCUT2D eigenvalue weighted by molar-refractivity contribution is 0.233. The highest BCUT2D eigenvalue weighted by Crippen LogP contribution is 2.01. The van der Waals surface area contributed by atoms with Gasteiger partial charge in [-0.1, -0.05) is 30.3 Å². The Morgan fingerprint density at radius 3 is 2.88 bits per heavy atom. The lowest BCUT2D eigenvalue weighted by Gasteiger charge is -2.23. The van der Waals surface area contributed by atoms with Gasteiger partial charge in [-0.15, -0.1) is 0 Å². The number of carbonyl (C=O) groups excluding carboxylic acids is 1. The molecule has 2 amide bonds. The maximum atomic E-state index is 11.6. The molecule has 1 atom stereocenters. The van der Waals surface area contributed by atoms with Crippen molar-refractivity contribution < 1.29 is 4.79 Å². The summed E-state index contributed by atoms with van der Waals surface area (Å²) in [5.41, 5.74) is 1.12. The fraction of sp³-hybridized carbons (Fsp3) is 0.462. The SMILES string of the molecule is O=C(NCc1ccccc1)NC1CCCNC1. The second kappa shape index (κ2) is 6.25. The van der Waals surface area contributed by atoms with Crippen LogP contribution in [0.5, 0.6) is 0 Å². The Balaban J connectivity index is 1.70. The Hall–Kier alpha value is -1.55. The molecule has 1 heterocycles. The largest absolute Gasteiger partial charge is 0.334 e. The maximum absolute atomic E-state index is 11.6. The predicted octanol–water partition coefficient (Wildman–Crippen LogP) is 1.24. The molecule has 1 aromatic rings. The second-order valence-corrected chi connectivity index (χ2v) is 4.36. The lowest BCUT2D eigenvalue weighted by atomic mass is 10.1. The number of amides is 2. The van der Waals surface area contributed by atoms with Crippen molar-refractivity contribution in [3.63, 3.8) is 0 Å². The highest BCUT2D eigenvalue weighted by molar-refractivity contribution is 5.74. The molecule has 1 fully saturated rings. The molecule has 0 aromatic heterocycles. The minimum absolute atomic E-state index is 0.0810. The summed E-state index contributed by atoms with van der Waals surface area (Å²) in [6.45, 7) is 2.51. The number of carbonyl (C=O) groups is 1. The Morgan fingerprint density at radius 2 is 2.18 bits per heavy atom. The van der Waals surface area contributed by atoms with Crippen LogP contribution in [0, 0.1) is 0 Å². The molecule has 1 aliphatic rings. The van der Waals surface area contributed by atoms with Gasteiger partial charge >= 0.3 is 6.03 Å². The molecule has 0 radical (unpaired) electrons. The molecule has 3 N–H and O–H groups in total. The van der Waals surface area contributed by atoms with Crippen LogP contribution in [0.3, 0.4) is 0 Å². The number of nitrogens with one attached hydrogen (secondary N) is 3. The van der Waals surface area contributed by atoms with Crippen LogP contribution in [-0.2, 0) is 6.54 Å². The molecule has 17 heavy (non-hydrogen) atoms. The van der Waals surface area contributed by atoms with E-state index >= 15 is 0 Å². The summed E-state index contributed by atoms with van der Waals surface area (Å²) < 4.78 is 0. The van der Waals surface area contributed by atoms with Crippen LogP contribution >= 0.6 is 0 Å². The summed E-state index contributed by atoms with van der Waals surface area (Å²) in [7, 11) is 0. The third-order valence-electron chi connectivity index (χ3n) is 2.93. The highest BCUT2D eigenvalue weighted by Gasteiger charge is 2.14. The van der Waals surface area contributed by atoms with Crippen LogP contribution in [0.15, 0.2) is 30.3 Å². The molecule has 2 rings (SSSR count). The molecule has 4 nitrogen and oxygen atoms in total. The molecule has 0 spiro atoms. The topological polar surface area (TPSA) is 53.2 Å². The predicted molar refractivity (Wildman–Crippen MR) is 67.7 cm³/mol. The maximum Gasteiger partial charge on any atom is 0.315 e. The van der Waals surface area contributed by atoms with E-state index < -0.39 is 0 Å². The minimum atomic E-state index is -0.0810. The van der Waals surface area contributed by atoms with Gasteiger partial charge in [0.05, 0.1) is 0 Å². The van der Waals surface area contributed by atoms with Crippen molar-refractivity contribution in [1.82, 2.24) is 16.0 Å². The minimum Gasteiger partial charge on any atom is -0.334 e. The summed E-state index contributed by atoms with van der Waals surface area (Å²) in [5.74, 6) is 0. The Kier molecular flexibility index (Phi) is 4.38. The van der Waals surface area contributed by atoms with Gasteiger partial charge in [-0.2, -0.15) is 0 Å². The van der Waals surface area contributed by atoms with Crippen LogP contribution in [0.25, 0.3) is 0 Å². The smallest absolute Gasteiger partial charge is 0.315 e. The van der Waals surface area contributed by atoms with Gasteiger partial charge in [0.1, 0.15) is 0 Å². The van der Waals surface area contributed by atoms with Crippen LogP contribution in [0.1, 0.15) is 18.4 Å². The standard InChI is InChI=1S/C13H19N3O/c17-13(16-12-7-4-8-14-10-12)15-9-11-5-2-1-3-6-11/h1-3,5-6,12,14H,4,7-10H2,(H2,15,16,17). The fourth-order valence-corrected chi connectivity index (χ4v) is 1.99. The average molecular weight is 233 g/mol. The number of hydrogen-bond acceptors (Lipinski definition) is 2. The first kappa shape index (κ1) is 11.9. The molecule has 1 aliphatic heterocycles. The van der Waals surface area contributed by atoms with Crippen molar-refractivity contribution >= 4 is 6.03 Å². The summed E-state index contributed by atoms with van der Waals surface area (Å²) >= 11 is 0. The van der Waals surface area contributed by atoms with Gasteiger partial charge in [-0.3, -0.25) is 0 Å². The lowest BCUT2D eigenvalue weighted by Crippen LogP contribution is -2.48. The molecular formula is C13H19N3O. The molecule has 1 aromatic carbocycles. The molecule has 0 aliphatic carbocycles. The summed E-state index contributed by atoms with van der Waals surface area (Å²) in [4.78, 5) is 11.6. The van der Waals surface area contributed by atoms with E-state index in [1.807, 2.05) is 30.3 Å². The molecule has 1 unspecified atom stereocenters. The van der Waals surface area contributed by atoms with Crippen LogP contribution in [0.4, 0.5) is 4.79 Å². The number of rotatable bonds is 3. The number of benzene rings is 1. The highest BCUT2D eigenvalue weighted by atomic mass is 16.2. The Morgan fingerprint density at radius 1 is 1.35 bits per heavy atom. The fourth-order valence-electron chi connectivity index (χ4n) is 1.99. The van der Waals surface area contributed by atoms with Gasteiger partial charge < -0.3 is 16.0 Å². The van der Waals surface area contributed by atoms with Gasteiger partial charge in [-0.05, 0) is 24.9 Å². The average Bonchev–Trinajstić information content (AvgIpc) is 2.39. The van der Waals surface area contributed by atoms with Gasteiger partial charge in [0.2, 0.25) is 0 Å². The molecular weight excluding hydrogens is 214 g/mol. The van der Waals surface area contributed by atoms with Gasteiger partial charge in [0.15, 0.2) is 0 Å².